The molecule has 2 N–H and O–H groups in total. The van der Waals surface area contributed by atoms with Crippen molar-refractivity contribution in [2.24, 2.45) is 0 Å². The second kappa shape index (κ2) is 8.62. The molecule has 132 valence electrons. The summed E-state index contributed by atoms with van der Waals surface area (Å²) in [7, 11) is 1.44. The third kappa shape index (κ3) is 5.45. The minimum atomic E-state index is -0.520. The normalized spacial score (nSPS) is 10.2. The topological polar surface area (TPSA) is 93.5 Å². The van der Waals surface area contributed by atoms with Gasteiger partial charge in [0.25, 0.3) is 5.69 Å². The average Bonchev–Trinajstić information content (AvgIpc) is 2.61. The number of anilines is 1. The number of nitro groups is 1. The van der Waals surface area contributed by atoms with Gasteiger partial charge in [-0.2, -0.15) is 0 Å². The first-order valence-corrected chi connectivity index (χ1v) is 7.57. The lowest BCUT2D eigenvalue weighted by atomic mass is 10.1. The van der Waals surface area contributed by atoms with Crippen molar-refractivity contribution in [2.45, 2.75) is 6.42 Å². The standard InChI is InChI=1S/C17H18FN3O4/c1-25-16-7-6-14(21(23)24)10-15(16)20-11-17(22)19-9-8-12-2-4-13(18)5-3-12/h2-7,10,20H,8-9,11H2,1H3,(H,19,22). The van der Waals surface area contributed by atoms with E-state index in [4.69, 9.17) is 4.74 Å². The van der Waals surface area contributed by atoms with Crippen LogP contribution in [0.15, 0.2) is 42.5 Å². The Morgan fingerprint density at radius 1 is 1.24 bits per heavy atom. The zero-order valence-corrected chi connectivity index (χ0v) is 13.6. The summed E-state index contributed by atoms with van der Waals surface area (Å²) in [6, 6.07) is 10.2. The second-order valence-corrected chi connectivity index (χ2v) is 5.22. The molecule has 0 atom stereocenters. The van der Waals surface area contributed by atoms with E-state index in [1.807, 2.05) is 0 Å². The molecular weight excluding hydrogens is 329 g/mol. The van der Waals surface area contributed by atoms with E-state index in [0.717, 1.165) is 5.56 Å². The van der Waals surface area contributed by atoms with Crippen molar-refractivity contribution < 1.29 is 18.8 Å². The number of nitrogens with zero attached hydrogens (tertiary/aromatic N) is 1. The minimum Gasteiger partial charge on any atom is -0.495 e. The van der Waals surface area contributed by atoms with Gasteiger partial charge < -0.3 is 15.4 Å². The number of carbonyl (C=O) groups excluding carboxylic acids is 1. The summed E-state index contributed by atoms with van der Waals surface area (Å²) in [5.41, 5.74) is 1.18. The predicted octanol–water partition coefficient (Wildman–Crippen LogP) is 2.51. The molecule has 0 bridgehead atoms. The number of carbonyl (C=O) groups is 1. The van der Waals surface area contributed by atoms with Gasteiger partial charge in [-0.1, -0.05) is 12.1 Å². The van der Waals surface area contributed by atoms with Crippen LogP contribution in [-0.4, -0.2) is 31.0 Å². The number of nitrogens with one attached hydrogen (secondary N) is 2. The molecule has 0 aliphatic rings. The van der Waals surface area contributed by atoms with Gasteiger partial charge in [0.15, 0.2) is 0 Å². The maximum absolute atomic E-state index is 12.8. The number of rotatable bonds is 8. The Bertz CT molecular complexity index is 750. The maximum Gasteiger partial charge on any atom is 0.271 e. The van der Waals surface area contributed by atoms with E-state index < -0.39 is 4.92 Å². The Hall–Kier alpha value is -3.16. The van der Waals surface area contributed by atoms with E-state index in [1.165, 1.54) is 37.4 Å². The Labute approximate surface area is 144 Å². The summed E-state index contributed by atoms with van der Waals surface area (Å²) >= 11 is 0. The largest absolute Gasteiger partial charge is 0.495 e. The molecule has 0 saturated carbocycles. The number of benzene rings is 2. The SMILES string of the molecule is COc1ccc([N+](=O)[O-])cc1NCC(=O)NCCc1ccc(F)cc1. The Kier molecular flexibility index (Phi) is 6.27. The number of non-ortho nitro benzene ring substituents is 1. The van der Waals surface area contributed by atoms with Gasteiger partial charge in [-0.05, 0) is 30.2 Å². The van der Waals surface area contributed by atoms with Crippen LogP contribution in [0.5, 0.6) is 5.75 Å². The van der Waals surface area contributed by atoms with Gasteiger partial charge in [-0.3, -0.25) is 14.9 Å². The van der Waals surface area contributed by atoms with Gasteiger partial charge in [0.2, 0.25) is 5.91 Å². The molecule has 1 amide bonds. The molecule has 2 rings (SSSR count). The molecule has 2 aromatic rings. The van der Waals surface area contributed by atoms with Crippen molar-refractivity contribution in [3.05, 3.63) is 64.0 Å². The lowest BCUT2D eigenvalue weighted by Crippen LogP contribution is -2.31. The zero-order chi connectivity index (χ0) is 18.2. The van der Waals surface area contributed by atoms with Crippen LogP contribution in [0.4, 0.5) is 15.8 Å². The van der Waals surface area contributed by atoms with Crippen LogP contribution in [0.2, 0.25) is 0 Å². The molecule has 25 heavy (non-hydrogen) atoms. The fraction of sp³-hybridized carbons (Fsp3) is 0.235. The lowest BCUT2D eigenvalue weighted by Gasteiger charge is -2.11. The van der Waals surface area contributed by atoms with Crippen LogP contribution in [0.1, 0.15) is 5.56 Å². The molecule has 0 fully saturated rings. The van der Waals surface area contributed by atoms with Gasteiger partial charge in [-0.15, -0.1) is 0 Å². The summed E-state index contributed by atoms with van der Waals surface area (Å²) in [5.74, 6) is -0.164. The molecule has 0 radical (unpaired) electrons. The van der Waals surface area contributed by atoms with Crippen LogP contribution < -0.4 is 15.4 Å². The minimum absolute atomic E-state index is 0.0546. The highest BCUT2D eigenvalue weighted by atomic mass is 19.1. The number of nitro benzene ring substituents is 1. The van der Waals surface area contributed by atoms with Crippen molar-refractivity contribution in [1.29, 1.82) is 0 Å². The van der Waals surface area contributed by atoms with Gasteiger partial charge >= 0.3 is 0 Å². The summed E-state index contributed by atoms with van der Waals surface area (Å²) in [6.45, 7) is 0.346. The van der Waals surface area contributed by atoms with E-state index in [1.54, 1.807) is 12.1 Å². The predicted molar refractivity (Wildman–Crippen MR) is 91.3 cm³/mol. The molecule has 7 nitrogen and oxygen atoms in total. The van der Waals surface area contributed by atoms with Crippen LogP contribution in [0, 0.1) is 15.9 Å². The van der Waals surface area contributed by atoms with Gasteiger partial charge in [0, 0.05) is 18.7 Å². The first kappa shape index (κ1) is 18.2. The Morgan fingerprint density at radius 3 is 2.60 bits per heavy atom. The maximum atomic E-state index is 12.8. The van der Waals surface area contributed by atoms with Crippen molar-refractivity contribution in [3.63, 3.8) is 0 Å². The van der Waals surface area contributed by atoms with Crippen LogP contribution in [0.25, 0.3) is 0 Å². The first-order valence-electron chi connectivity index (χ1n) is 7.57. The fourth-order valence-electron chi connectivity index (χ4n) is 2.18. The number of halogens is 1. The molecule has 0 saturated heterocycles. The summed E-state index contributed by atoms with van der Waals surface area (Å²) < 4.78 is 17.9. The number of hydrogen-bond donors (Lipinski definition) is 2. The number of ether oxygens (including phenoxy) is 1. The van der Waals surface area contributed by atoms with Crippen molar-refractivity contribution in [1.82, 2.24) is 5.32 Å². The molecule has 0 spiro atoms. The van der Waals surface area contributed by atoms with Crippen LogP contribution in [0.3, 0.4) is 0 Å². The summed E-state index contributed by atoms with van der Waals surface area (Å²) in [6.07, 6.45) is 0.576. The second-order valence-electron chi connectivity index (χ2n) is 5.22. The van der Waals surface area contributed by atoms with Gasteiger partial charge in [0.1, 0.15) is 11.6 Å². The van der Waals surface area contributed by atoms with Crippen molar-refractivity contribution >= 4 is 17.3 Å². The molecule has 2 aromatic carbocycles. The molecule has 0 unspecified atom stereocenters. The van der Waals surface area contributed by atoms with Gasteiger partial charge in [0.05, 0.1) is 24.3 Å². The van der Waals surface area contributed by atoms with E-state index in [0.29, 0.717) is 24.4 Å². The molecule has 0 aliphatic heterocycles. The molecule has 0 aromatic heterocycles. The molecule has 0 heterocycles. The third-order valence-electron chi connectivity index (χ3n) is 3.48. The van der Waals surface area contributed by atoms with Crippen molar-refractivity contribution in [3.8, 4) is 5.75 Å². The highest BCUT2D eigenvalue weighted by Crippen LogP contribution is 2.28. The number of amides is 1. The van der Waals surface area contributed by atoms with Crippen molar-refractivity contribution in [2.75, 3.05) is 25.5 Å². The third-order valence-corrected chi connectivity index (χ3v) is 3.48. The van der Waals surface area contributed by atoms with E-state index in [9.17, 15) is 19.3 Å². The van der Waals surface area contributed by atoms with E-state index >= 15 is 0 Å². The highest BCUT2D eigenvalue weighted by molar-refractivity contribution is 5.81. The zero-order valence-electron chi connectivity index (χ0n) is 13.6. The molecule has 0 aliphatic carbocycles. The lowest BCUT2D eigenvalue weighted by molar-refractivity contribution is -0.384. The Morgan fingerprint density at radius 2 is 1.96 bits per heavy atom. The first-order chi connectivity index (χ1) is 12.0. The monoisotopic (exact) mass is 347 g/mol. The summed E-state index contributed by atoms with van der Waals surface area (Å²) in [5, 5.41) is 16.4. The number of hydrogen-bond acceptors (Lipinski definition) is 5. The average molecular weight is 347 g/mol. The van der Waals surface area contributed by atoms with E-state index in [2.05, 4.69) is 10.6 Å². The number of methoxy groups -OCH3 is 1. The van der Waals surface area contributed by atoms with Crippen LogP contribution in [-0.2, 0) is 11.2 Å². The molecular formula is C17H18FN3O4. The Balaban J connectivity index is 1.84. The van der Waals surface area contributed by atoms with Crippen LogP contribution >= 0.6 is 0 Å². The summed E-state index contributed by atoms with van der Waals surface area (Å²) in [4.78, 5) is 22.2. The van der Waals surface area contributed by atoms with Gasteiger partial charge in [-0.25, -0.2) is 4.39 Å². The van der Waals surface area contributed by atoms with E-state index in [-0.39, 0.29) is 24.0 Å². The smallest absolute Gasteiger partial charge is 0.271 e. The highest BCUT2D eigenvalue weighted by Gasteiger charge is 2.12. The quantitative estimate of drug-likeness (QED) is 0.565. The molecule has 8 heteroatoms. The fourth-order valence-corrected chi connectivity index (χ4v) is 2.18.